The van der Waals surface area contributed by atoms with E-state index >= 15 is 0 Å². The highest BCUT2D eigenvalue weighted by atomic mass is 32.2. The van der Waals surface area contributed by atoms with Crippen LogP contribution in [-0.4, -0.2) is 13.0 Å². The third kappa shape index (κ3) is 5.71. The third-order valence-corrected chi connectivity index (χ3v) is 4.55. The predicted octanol–water partition coefficient (Wildman–Crippen LogP) is 4.94. The number of benzene rings is 1. The fourth-order valence-corrected chi connectivity index (χ4v) is 3.23. The zero-order valence-corrected chi connectivity index (χ0v) is 14.4. The molecule has 1 aromatic carbocycles. The zero-order chi connectivity index (χ0) is 17.6. The summed E-state index contributed by atoms with van der Waals surface area (Å²) in [7, 11) is -5.20. The van der Waals surface area contributed by atoms with Crippen LogP contribution < -0.4 is 6.15 Å². The van der Waals surface area contributed by atoms with E-state index < -0.39 is 43.8 Å². The fraction of sp³-hybridized carbons (Fsp3) is 0.600. The molecule has 0 aliphatic rings. The van der Waals surface area contributed by atoms with Crippen LogP contribution in [0.25, 0.3) is 0 Å². The van der Waals surface area contributed by atoms with Crippen molar-refractivity contribution in [2.45, 2.75) is 63.2 Å². The molecule has 0 fully saturated rings. The summed E-state index contributed by atoms with van der Waals surface area (Å²) < 4.78 is 85.1. The van der Waals surface area contributed by atoms with Crippen LogP contribution in [0.3, 0.4) is 0 Å². The number of unbranched alkanes of at least 4 members (excludes halogenated alkanes) is 6. The van der Waals surface area contributed by atoms with Crippen molar-refractivity contribution >= 4 is 10.1 Å². The lowest BCUT2D eigenvalue weighted by atomic mass is 10.0. The first kappa shape index (κ1) is 22.8. The molecule has 0 spiro atoms. The third-order valence-electron chi connectivity index (χ3n) is 3.60. The summed E-state index contributed by atoms with van der Waals surface area (Å²) in [5.74, 6) is -8.20. The van der Waals surface area contributed by atoms with Gasteiger partial charge in [-0.05, 0) is 12.8 Å². The van der Waals surface area contributed by atoms with E-state index in [1.807, 2.05) is 0 Å². The molecule has 140 valence electrons. The summed E-state index contributed by atoms with van der Waals surface area (Å²) in [5, 5.41) is 0. The van der Waals surface area contributed by atoms with Gasteiger partial charge in [-0.2, -0.15) is 8.42 Å². The van der Waals surface area contributed by atoms with Crippen molar-refractivity contribution in [3.8, 4) is 0 Å². The number of halogens is 4. The SMILES string of the molecule is CCCCCCCCCc1c(F)c(F)c(F)c(F)c1S(=O)(=O)O.N. The topological polar surface area (TPSA) is 89.4 Å². The Morgan fingerprint density at radius 3 is 1.75 bits per heavy atom. The summed E-state index contributed by atoms with van der Waals surface area (Å²) in [6.07, 6.45) is 5.56. The van der Waals surface area contributed by atoms with Crippen LogP contribution in [0, 0.1) is 23.3 Å². The first-order valence-electron chi connectivity index (χ1n) is 7.54. The highest BCUT2D eigenvalue weighted by molar-refractivity contribution is 7.85. The van der Waals surface area contributed by atoms with E-state index in [9.17, 15) is 26.0 Å². The van der Waals surface area contributed by atoms with Crippen molar-refractivity contribution in [3.63, 3.8) is 0 Å². The highest BCUT2D eigenvalue weighted by Gasteiger charge is 2.31. The van der Waals surface area contributed by atoms with Crippen molar-refractivity contribution in [3.05, 3.63) is 28.8 Å². The minimum absolute atomic E-state index is 0. The molecular formula is C15H23F4NO3S. The van der Waals surface area contributed by atoms with Gasteiger partial charge in [-0.25, -0.2) is 17.6 Å². The van der Waals surface area contributed by atoms with E-state index in [1.54, 1.807) is 0 Å². The number of hydrogen-bond acceptors (Lipinski definition) is 3. The average Bonchev–Trinajstić information content (AvgIpc) is 2.47. The van der Waals surface area contributed by atoms with Crippen LogP contribution in [-0.2, 0) is 16.5 Å². The molecule has 0 saturated carbocycles. The van der Waals surface area contributed by atoms with Gasteiger partial charge in [-0.3, -0.25) is 4.55 Å². The molecule has 0 amide bonds. The van der Waals surface area contributed by atoms with E-state index in [2.05, 4.69) is 6.92 Å². The van der Waals surface area contributed by atoms with Gasteiger partial charge in [0.25, 0.3) is 10.1 Å². The van der Waals surface area contributed by atoms with Gasteiger partial charge in [0.15, 0.2) is 23.3 Å². The van der Waals surface area contributed by atoms with E-state index in [4.69, 9.17) is 4.55 Å². The Morgan fingerprint density at radius 1 is 0.792 bits per heavy atom. The maximum absolute atomic E-state index is 13.8. The van der Waals surface area contributed by atoms with Crippen molar-refractivity contribution < 1.29 is 30.5 Å². The smallest absolute Gasteiger partial charge is 0.297 e. The predicted molar refractivity (Wildman–Crippen MR) is 82.8 cm³/mol. The molecule has 1 rings (SSSR count). The van der Waals surface area contributed by atoms with Gasteiger partial charge in [0.1, 0.15) is 4.90 Å². The standard InChI is InChI=1S/C15H20F4O3S.H3N/c1-2-3-4-5-6-7-8-9-10-11(16)12(17)13(18)14(19)15(10)23(20,21)22;/h2-9H2,1H3,(H,20,21,22);1H3. The summed E-state index contributed by atoms with van der Waals surface area (Å²) in [5.41, 5.74) is -0.850. The molecule has 0 radical (unpaired) electrons. The van der Waals surface area contributed by atoms with Crippen molar-refractivity contribution in [1.29, 1.82) is 0 Å². The largest absolute Gasteiger partial charge is 0.344 e. The Balaban J connectivity index is 0.00000529. The Bertz CT molecular complexity index is 651. The Morgan fingerprint density at radius 2 is 1.25 bits per heavy atom. The Hall–Kier alpha value is -1.19. The summed E-state index contributed by atoms with van der Waals surface area (Å²) in [6, 6.07) is 0. The first-order chi connectivity index (χ1) is 10.7. The lowest BCUT2D eigenvalue weighted by molar-refractivity contribution is 0.382. The zero-order valence-electron chi connectivity index (χ0n) is 13.5. The van der Waals surface area contributed by atoms with E-state index in [0.29, 0.717) is 6.42 Å². The minimum atomic E-state index is -5.20. The molecule has 24 heavy (non-hydrogen) atoms. The normalized spacial score (nSPS) is 11.4. The van der Waals surface area contributed by atoms with E-state index in [1.165, 1.54) is 0 Å². The lowest BCUT2D eigenvalue weighted by Gasteiger charge is -2.11. The van der Waals surface area contributed by atoms with Gasteiger partial charge in [0.2, 0.25) is 0 Å². The molecule has 0 aromatic heterocycles. The van der Waals surface area contributed by atoms with Crippen molar-refractivity contribution in [1.82, 2.24) is 6.15 Å². The number of rotatable bonds is 9. The number of hydrogen-bond donors (Lipinski definition) is 2. The summed E-state index contributed by atoms with van der Waals surface area (Å²) >= 11 is 0. The molecule has 0 aliphatic heterocycles. The van der Waals surface area contributed by atoms with Crippen LogP contribution >= 0.6 is 0 Å². The minimum Gasteiger partial charge on any atom is -0.344 e. The molecule has 0 atom stereocenters. The van der Waals surface area contributed by atoms with Gasteiger partial charge >= 0.3 is 0 Å². The van der Waals surface area contributed by atoms with Gasteiger partial charge in [0, 0.05) is 5.56 Å². The van der Waals surface area contributed by atoms with Crippen LogP contribution in [0.4, 0.5) is 17.6 Å². The fourth-order valence-electron chi connectivity index (χ4n) is 2.41. The molecule has 1 aromatic rings. The van der Waals surface area contributed by atoms with Gasteiger partial charge in [-0.1, -0.05) is 45.4 Å². The molecule has 4 nitrogen and oxygen atoms in total. The van der Waals surface area contributed by atoms with Gasteiger partial charge in [0.05, 0.1) is 0 Å². The first-order valence-corrected chi connectivity index (χ1v) is 8.98. The maximum Gasteiger partial charge on any atom is 0.297 e. The van der Waals surface area contributed by atoms with Crippen LogP contribution in [0.1, 0.15) is 57.4 Å². The van der Waals surface area contributed by atoms with E-state index in [0.717, 1.165) is 32.1 Å². The summed E-state index contributed by atoms with van der Waals surface area (Å²) in [4.78, 5) is -1.51. The molecule has 0 bridgehead atoms. The van der Waals surface area contributed by atoms with Crippen LogP contribution in [0.5, 0.6) is 0 Å². The molecule has 9 heteroatoms. The molecular weight excluding hydrogens is 350 g/mol. The Labute approximate surface area is 139 Å². The molecule has 0 unspecified atom stereocenters. The van der Waals surface area contributed by atoms with Crippen LogP contribution in [0.15, 0.2) is 4.90 Å². The maximum atomic E-state index is 13.8. The van der Waals surface area contributed by atoms with Crippen molar-refractivity contribution in [2.24, 2.45) is 0 Å². The second-order valence-electron chi connectivity index (χ2n) is 5.41. The highest BCUT2D eigenvalue weighted by Crippen LogP contribution is 2.29. The van der Waals surface area contributed by atoms with E-state index in [-0.39, 0.29) is 19.0 Å². The molecule has 4 N–H and O–H groups in total. The average molecular weight is 373 g/mol. The van der Waals surface area contributed by atoms with Crippen molar-refractivity contribution in [2.75, 3.05) is 0 Å². The molecule has 0 saturated heterocycles. The van der Waals surface area contributed by atoms with Gasteiger partial charge in [-0.15, -0.1) is 0 Å². The molecule has 0 heterocycles. The summed E-state index contributed by atoms with van der Waals surface area (Å²) in [6.45, 7) is 2.07. The lowest BCUT2D eigenvalue weighted by Crippen LogP contribution is -2.13. The van der Waals surface area contributed by atoms with Gasteiger partial charge < -0.3 is 6.15 Å². The molecule has 0 aliphatic carbocycles. The Kier molecular flexibility index (Phi) is 9.46. The quantitative estimate of drug-likeness (QED) is 0.211. The monoisotopic (exact) mass is 373 g/mol. The second kappa shape index (κ2) is 9.95. The second-order valence-corrected chi connectivity index (χ2v) is 6.77. The van der Waals surface area contributed by atoms with Crippen LogP contribution in [0.2, 0.25) is 0 Å².